The van der Waals surface area contributed by atoms with E-state index in [4.69, 9.17) is 4.74 Å². The molecule has 1 aromatic rings. The van der Waals surface area contributed by atoms with Crippen molar-refractivity contribution in [3.8, 4) is 0 Å². The van der Waals surface area contributed by atoms with E-state index in [2.05, 4.69) is 0 Å². The normalized spacial score (nSPS) is 11.1. The molecule has 1 rings (SSSR count). The number of hydrogen-bond acceptors (Lipinski definition) is 3. The molecule has 0 saturated heterocycles. The fourth-order valence-electron chi connectivity index (χ4n) is 1.08. The molecule has 1 aromatic carbocycles. The van der Waals surface area contributed by atoms with Gasteiger partial charge in [0.25, 0.3) is 0 Å². The van der Waals surface area contributed by atoms with E-state index in [9.17, 15) is 4.79 Å². The lowest BCUT2D eigenvalue weighted by molar-refractivity contribution is -0.133. The van der Waals surface area contributed by atoms with Gasteiger partial charge in [-0.2, -0.15) is 0 Å². The van der Waals surface area contributed by atoms with Crippen molar-refractivity contribution in [1.29, 1.82) is 0 Å². The molecule has 0 aliphatic heterocycles. The summed E-state index contributed by atoms with van der Waals surface area (Å²) in [6.45, 7) is 0. The van der Waals surface area contributed by atoms with E-state index in [1.807, 2.05) is 36.6 Å². The number of thioether (sulfide) groups is 1. The molecule has 0 atom stereocenters. The number of carbonyl (C=O) groups excluding carboxylic acids is 1. The molecule has 0 amide bonds. The van der Waals surface area contributed by atoms with Crippen LogP contribution in [0.1, 0.15) is 5.56 Å². The van der Waals surface area contributed by atoms with E-state index < -0.39 is 0 Å². The Bertz CT molecular complexity index is 330. The SMILES string of the molecule is COC(=O)C(=CSC)c1ccccc1. The zero-order valence-corrected chi connectivity index (χ0v) is 9.01. The van der Waals surface area contributed by atoms with Crippen molar-refractivity contribution in [2.45, 2.75) is 0 Å². The Morgan fingerprint density at radius 1 is 1.36 bits per heavy atom. The lowest BCUT2D eigenvalue weighted by atomic mass is 10.1. The number of rotatable bonds is 3. The highest BCUT2D eigenvalue weighted by Gasteiger charge is 2.10. The summed E-state index contributed by atoms with van der Waals surface area (Å²) in [6.07, 6.45) is 1.91. The fourth-order valence-corrected chi connectivity index (χ4v) is 1.55. The third-order valence-corrected chi connectivity index (χ3v) is 2.20. The van der Waals surface area contributed by atoms with Crippen molar-refractivity contribution >= 4 is 23.3 Å². The maximum Gasteiger partial charge on any atom is 0.338 e. The van der Waals surface area contributed by atoms with Gasteiger partial charge in [0.2, 0.25) is 0 Å². The molecule has 0 unspecified atom stereocenters. The Morgan fingerprint density at radius 2 is 2.00 bits per heavy atom. The van der Waals surface area contributed by atoms with Gasteiger partial charge < -0.3 is 4.74 Å². The van der Waals surface area contributed by atoms with Gasteiger partial charge in [-0.3, -0.25) is 0 Å². The van der Waals surface area contributed by atoms with Crippen LogP contribution in [0, 0.1) is 0 Å². The largest absolute Gasteiger partial charge is 0.465 e. The first kappa shape index (κ1) is 10.9. The highest BCUT2D eigenvalue weighted by atomic mass is 32.2. The zero-order chi connectivity index (χ0) is 10.4. The van der Waals surface area contributed by atoms with Gasteiger partial charge in [0, 0.05) is 0 Å². The number of carbonyl (C=O) groups is 1. The first-order valence-corrected chi connectivity index (χ1v) is 5.45. The number of ether oxygens (including phenoxy) is 1. The van der Waals surface area contributed by atoms with E-state index in [-0.39, 0.29) is 5.97 Å². The van der Waals surface area contributed by atoms with Gasteiger partial charge in [0.1, 0.15) is 0 Å². The third-order valence-electron chi connectivity index (χ3n) is 1.73. The quantitative estimate of drug-likeness (QED) is 0.564. The average Bonchev–Trinajstić information content (AvgIpc) is 2.26. The number of hydrogen-bond donors (Lipinski definition) is 0. The summed E-state index contributed by atoms with van der Waals surface area (Å²) < 4.78 is 4.70. The first-order valence-electron chi connectivity index (χ1n) is 4.16. The molecule has 0 spiro atoms. The van der Waals surface area contributed by atoms with Crippen LogP contribution in [0.5, 0.6) is 0 Å². The molecule has 0 aliphatic carbocycles. The van der Waals surface area contributed by atoms with Crippen LogP contribution in [0.25, 0.3) is 5.57 Å². The van der Waals surface area contributed by atoms with Crippen molar-refractivity contribution in [3.05, 3.63) is 41.3 Å². The van der Waals surface area contributed by atoms with Crippen molar-refractivity contribution in [2.24, 2.45) is 0 Å². The standard InChI is InChI=1S/C11H12O2S/c1-13-11(12)10(8-14-2)9-6-4-3-5-7-9/h3-8H,1-2H3. The maximum absolute atomic E-state index is 11.4. The Morgan fingerprint density at radius 3 is 2.50 bits per heavy atom. The molecule has 0 heterocycles. The van der Waals surface area contributed by atoms with Crippen LogP contribution in [0.3, 0.4) is 0 Å². The van der Waals surface area contributed by atoms with Crippen molar-refractivity contribution < 1.29 is 9.53 Å². The summed E-state index contributed by atoms with van der Waals surface area (Å²) in [5.41, 5.74) is 1.48. The Balaban J connectivity index is 3.02. The van der Waals surface area contributed by atoms with Crippen LogP contribution in [-0.2, 0) is 9.53 Å². The van der Waals surface area contributed by atoms with Crippen LogP contribution >= 0.6 is 11.8 Å². The minimum absolute atomic E-state index is 0.300. The molecule has 2 nitrogen and oxygen atoms in total. The minimum Gasteiger partial charge on any atom is -0.465 e. The zero-order valence-electron chi connectivity index (χ0n) is 8.19. The topological polar surface area (TPSA) is 26.3 Å². The second kappa shape index (κ2) is 5.50. The molecular formula is C11H12O2S. The molecule has 0 bridgehead atoms. The smallest absolute Gasteiger partial charge is 0.338 e. The molecule has 0 radical (unpaired) electrons. The predicted molar refractivity (Wildman–Crippen MR) is 60.0 cm³/mol. The third kappa shape index (κ3) is 2.64. The van der Waals surface area contributed by atoms with Gasteiger partial charge in [-0.15, -0.1) is 11.8 Å². The highest BCUT2D eigenvalue weighted by Crippen LogP contribution is 2.18. The Labute approximate surface area is 88.0 Å². The van der Waals surface area contributed by atoms with Crippen LogP contribution in [0.4, 0.5) is 0 Å². The molecule has 0 saturated carbocycles. The molecule has 14 heavy (non-hydrogen) atoms. The van der Waals surface area contributed by atoms with E-state index in [1.165, 1.54) is 18.9 Å². The second-order valence-electron chi connectivity index (χ2n) is 2.62. The molecule has 0 N–H and O–H groups in total. The second-order valence-corrected chi connectivity index (χ2v) is 3.33. The van der Waals surface area contributed by atoms with Gasteiger partial charge >= 0.3 is 5.97 Å². The van der Waals surface area contributed by atoms with Crippen LogP contribution in [0.2, 0.25) is 0 Å². The maximum atomic E-state index is 11.4. The van der Waals surface area contributed by atoms with E-state index in [0.717, 1.165) is 5.56 Å². The van der Waals surface area contributed by atoms with E-state index in [0.29, 0.717) is 5.57 Å². The van der Waals surface area contributed by atoms with Crippen LogP contribution < -0.4 is 0 Å². The molecule has 0 aliphatic rings. The average molecular weight is 208 g/mol. The monoisotopic (exact) mass is 208 g/mol. The summed E-state index contributed by atoms with van der Waals surface area (Å²) in [5, 5.41) is 1.79. The summed E-state index contributed by atoms with van der Waals surface area (Å²) in [7, 11) is 1.39. The first-order chi connectivity index (χ1) is 6.79. The summed E-state index contributed by atoms with van der Waals surface area (Å²) in [4.78, 5) is 11.4. The lowest BCUT2D eigenvalue weighted by Gasteiger charge is -2.04. The summed E-state index contributed by atoms with van der Waals surface area (Å²) in [6, 6.07) is 9.48. The predicted octanol–water partition coefficient (Wildman–Crippen LogP) is 2.56. The lowest BCUT2D eigenvalue weighted by Crippen LogP contribution is -2.03. The highest BCUT2D eigenvalue weighted by molar-refractivity contribution is 8.01. The molecule has 74 valence electrons. The molecule has 3 heteroatoms. The van der Waals surface area contributed by atoms with Crippen LogP contribution in [0.15, 0.2) is 35.7 Å². The van der Waals surface area contributed by atoms with Crippen LogP contribution in [-0.4, -0.2) is 19.3 Å². The van der Waals surface area contributed by atoms with E-state index >= 15 is 0 Å². The minimum atomic E-state index is -0.300. The van der Waals surface area contributed by atoms with Gasteiger partial charge in [0.15, 0.2) is 0 Å². The number of benzene rings is 1. The summed E-state index contributed by atoms with van der Waals surface area (Å²) in [5.74, 6) is -0.300. The van der Waals surface area contributed by atoms with Gasteiger partial charge in [-0.25, -0.2) is 4.79 Å². The van der Waals surface area contributed by atoms with Crippen molar-refractivity contribution in [1.82, 2.24) is 0 Å². The van der Waals surface area contributed by atoms with Gasteiger partial charge in [-0.05, 0) is 17.2 Å². The Hall–Kier alpha value is -1.22. The van der Waals surface area contributed by atoms with Crippen molar-refractivity contribution in [2.75, 3.05) is 13.4 Å². The summed E-state index contributed by atoms with van der Waals surface area (Å²) >= 11 is 1.49. The van der Waals surface area contributed by atoms with Gasteiger partial charge in [0.05, 0.1) is 12.7 Å². The number of esters is 1. The van der Waals surface area contributed by atoms with E-state index in [1.54, 1.807) is 5.41 Å². The molecule has 0 fully saturated rings. The number of methoxy groups -OCH3 is 1. The van der Waals surface area contributed by atoms with Crippen molar-refractivity contribution in [3.63, 3.8) is 0 Å². The fraction of sp³-hybridized carbons (Fsp3) is 0.182. The molecule has 0 aromatic heterocycles. The van der Waals surface area contributed by atoms with Gasteiger partial charge in [-0.1, -0.05) is 30.3 Å². The Kier molecular flexibility index (Phi) is 4.26. The molecular weight excluding hydrogens is 196 g/mol.